The van der Waals surface area contributed by atoms with Gasteiger partial charge in [0.25, 0.3) is 11.1 Å². The second-order valence-electron chi connectivity index (χ2n) is 12.9. The van der Waals surface area contributed by atoms with E-state index in [1.165, 1.54) is 46.2 Å². The largest absolute Gasteiger partial charge is 0.494 e. The van der Waals surface area contributed by atoms with E-state index in [1.54, 1.807) is 68.5 Å². The second kappa shape index (κ2) is 15.9. The smallest absolute Gasteiger partial charge is 0.338 e. The Labute approximate surface area is 338 Å². The first-order valence-corrected chi connectivity index (χ1v) is 19.3. The van der Waals surface area contributed by atoms with Crippen LogP contribution in [0.4, 0.5) is 0 Å². The zero-order chi connectivity index (χ0) is 40.7. The summed E-state index contributed by atoms with van der Waals surface area (Å²) in [6.07, 6.45) is 1.70. The molecule has 17 heteroatoms. The molecule has 0 fully saturated rings. The van der Waals surface area contributed by atoms with E-state index in [4.69, 9.17) is 42.1 Å². The van der Waals surface area contributed by atoms with E-state index >= 15 is 0 Å². The molecule has 0 amide bonds. The Morgan fingerprint density at radius 3 is 2.37 bits per heavy atom. The minimum absolute atomic E-state index is 0.00395. The first kappa shape index (κ1) is 39.3. The van der Waals surface area contributed by atoms with Crippen molar-refractivity contribution in [1.29, 1.82) is 0 Å². The van der Waals surface area contributed by atoms with E-state index in [1.807, 2.05) is 19.1 Å². The maximum absolute atomic E-state index is 14.2. The first-order valence-electron chi connectivity index (χ1n) is 17.7. The van der Waals surface area contributed by atoms with E-state index in [0.29, 0.717) is 54.1 Å². The molecule has 3 aromatic carbocycles. The normalized spacial score (nSPS) is 14.1. The number of halogens is 2. The molecule has 1 unspecified atom stereocenters. The Bertz CT molecular complexity index is 2930. The number of ether oxygens (including phenoxy) is 4. The first-order chi connectivity index (χ1) is 27.3. The van der Waals surface area contributed by atoms with Crippen LogP contribution >= 0.6 is 34.5 Å². The molecule has 1 aliphatic rings. The maximum atomic E-state index is 14.2. The number of hydrogen-bond acceptors (Lipinski definition) is 11. The van der Waals surface area contributed by atoms with Gasteiger partial charge in [0.2, 0.25) is 0 Å². The molecule has 0 saturated heterocycles. The van der Waals surface area contributed by atoms with Crippen LogP contribution < -0.4 is 40.4 Å². The predicted molar refractivity (Wildman–Crippen MR) is 217 cm³/mol. The van der Waals surface area contributed by atoms with Gasteiger partial charge in [0.1, 0.15) is 5.75 Å². The predicted octanol–water partition coefficient (Wildman–Crippen LogP) is 5.10. The van der Waals surface area contributed by atoms with E-state index in [0.717, 1.165) is 4.57 Å². The van der Waals surface area contributed by atoms with E-state index in [2.05, 4.69) is 9.98 Å². The number of allylic oxidation sites excluding steroid dienone is 1. The molecule has 3 aromatic heterocycles. The van der Waals surface area contributed by atoms with Crippen LogP contribution in [0.25, 0.3) is 17.2 Å². The molecule has 57 heavy (non-hydrogen) atoms. The third-order valence-corrected chi connectivity index (χ3v) is 10.9. The van der Waals surface area contributed by atoms with Crippen molar-refractivity contribution in [2.45, 2.75) is 33.4 Å². The van der Waals surface area contributed by atoms with Crippen LogP contribution in [0.3, 0.4) is 0 Å². The molecule has 6 aromatic rings. The SMILES string of the molecule is CCOC(=O)C1=C(C)N=c2s/c(=C/c3ccc(Oc4nc5c(c(=O)n(C)c(=O)n5C)n4Cc4ccc(Cl)cc4Cl)c(OC)c3)c(=O)n2C1c1ccc(OCC)cc1. The lowest BCUT2D eigenvalue weighted by molar-refractivity contribution is -0.139. The number of rotatable bonds is 11. The molecule has 294 valence electrons. The number of fused-ring (bicyclic) bond motifs is 2. The summed E-state index contributed by atoms with van der Waals surface area (Å²) >= 11 is 13.9. The third kappa shape index (κ3) is 7.29. The lowest BCUT2D eigenvalue weighted by atomic mass is 9.96. The van der Waals surface area contributed by atoms with Crippen LogP contribution in [0, 0.1) is 0 Å². The molecule has 0 N–H and O–H groups in total. The fourth-order valence-corrected chi connectivity index (χ4v) is 8.11. The number of imidazole rings is 1. The number of methoxy groups -OCH3 is 1. The maximum Gasteiger partial charge on any atom is 0.338 e. The quantitative estimate of drug-likeness (QED) is 0.163. The van der Waals surface area contributed by atoms with Gasteiger partial charge in [0, 0.05) is 24.1 Å². The van der Waals surface area contributed by atoms with Crippen molar-refractivity contribution in [3.05, 3.63) is 139 Å². The fraction of sp³-hybridized carbons (Fsp3) is 0.250. The molecule has 0 radical (unpaired) electrons. The lowest BCUT2D eigenvalue weighted by Crippen LogP contribution is -2.39. The molecule has 0 aliphatic carbocycles. The molecule has 4 heterocycles. The Morgan fingerprint density at radius 2 is 1.68 bits per heavy atom. The number of carbonyl (C=O) groups is 1. The number of nitrogens with zero attached hydrogens (tertiary/aromatic N) is 6. The highest BCUT2D eigenvalue weighted by molar-refractivity contribution is 7.07. The molecular weight excluding hydrogens is 795 g/mol. The molecule has 1 atom stereocenters. The summed E-state index contributed by atoms with van der Waals surface area (Å²) in [5.74, 6) is 0.627. The zero-order valence-corrected chi connectivity index (χ0v) is 34.0. The highest BCUT2D eigenvalue weighted by Gasteiger charge is 2.33. The number of aromatic nitrogens is 5. The van der Waals surface area contributed by atoms with E-state index in [-0.39, 0.29) is 53.0 Å². The van der Waals surface area contributed by atoms with Gasteiger partial charge in [-0.2, -0.15) is 4.98 Å². The number of thiazole rings is 1. The molecule has 0 saturated carbocycles. The van der Waals surface area contributed by atoms with Gasteiger partial charge in [-0.25, -0.2) is 14.6 Å². The van der Waals surface area contributed by atoms with Crippen molar-refractivity contribution < 1.29 is 23.7 Å². The van der Waals surface area contributed by atoms with Crippen LogP contribution in [-0.2, 0) is 30.2 Å². The second-order valence-corrected chi connectivity index (χ2v) is 14.8. The lowest BCUT2D eigenvalue weighted by Gasteiger charge is -2.24. The number of aryl methyl sites for hydroxylation is 1. The summed E-state index contributed by atoms with van der Waals surface area (Å²) in [7, 11) is 4.36. The Morgan fingerprint density at radius 1 is 0.930 bits per heavy atom. The summed E-state index contributed by atoms with van der Waals surface area (Å²) in [6, 6.07) is 16.5. The van der Waals surface area contributed by atoms with Gasteiger partial charge in [0.15, 0.2) is 27.5 Å². The van der Waals surface area contributed by atoms with Crippen LogP contribution in [0.2, 0.25) is 10.0 Å². The molecular formula is C40H36Cl2N6O8S. The molecule has 0 spiro atoms. The minimum atomic E-state index is -0.790. The monoisotopic (exact) mass is 830 g/mol. The fourth-order valence-electron chi connectivity index (χ4n) is 6.60. The number of hydrogen-bond donors (Lipinski definition) is 0. The Balaban J connectivity index is 1.30. The summed E-state index contributed by atoms with van der Waals surface area (Å²) in [5.41, 5.74) is 1.38. The number of carbonyl (C=O) groups excluding carboxylic acids is 1. The Hall–Kier alpha value is -5.90. The summed E-state index contributed by atoms with van der Waals surface area (Å²) in [4.78, 5) is 63.5. The molecule has 14 nitrogen and oxygen atoms in total. The van der Waals surface area contributed by atoms with Gasteiger partial charge in [-0.05, 0) is 79.9 Å². The van der Waals surface area contributed by atoms with Gasteiger partial charge in [0.05, 0.1) is 48.7 Å². The molecule has 1 aliphatic heterocycles. The van der Waals surface area contributed by atoms with Crippen molar-refractivity contribution >= 4 is 57.7 Å². The van der Waals surface area contributed by atoms with E-state index in [9.17, 15) is 19.2 Å². The third-order valence-electron chi connectivity index (χ3n) is 9.37. The number of esters is 1. The highest BCUT2D eigenvalue weighted by atomic mass is 35.5. The van der Waals surface area contributed by atoms with Crippen molar-refractivity contribution in [1.82, 2.24) is 23.3 Å². The van der Waals surface area contributed by atoms with Crippen LogP contribution in [0.15, 0.2) is 91.3 Å². The standard InChI is InChI=1S/C40H36Cl2N6O8S/c1-7-54-26-14-11-23(12-15-26)32-31(37(51)55-8-2)21(3)43-39-48(32)35(49)30(57-39)18-22-9-16-28(29(17-22)53-6)56-38-44-34-33(36(50)46(5)40(52)45(34)4)47(38)20-24-10-13-25(41)19-27(24)42/h9-19,32H,7-8,20H2,1-6H3/b30-18+. The van der Waals surface area contributed by atoms with Crippen molar-refractivity contribution in [3.8, 4) is 23.3 Å². The minimum Gasteiger partial charge on any atom is -0.494 e. The molecule has 7 rings (SSSR count). The van der Waals surface area contributed by atoms with Gasteiger partial charge in [-0.1, -0.05) is 58.8 Å². The topological polar surface area (TPSA) is 150 Å². The van der Waals surface area contributed by atoms with E-state index < -0.39 is 23.3 Å². The Kier molecular flexibility index (Phi) is 11.0. The number of benzene rings is 3. The summed E-state index contributed by atoms with van der Waals surface area (Å²) in [6.45, 7) is 6.05. The van der Waals surface area contributed by atoms with Gasteiger partial charge < -0.3 is 18.9 Å². The van der Waals surface area contributed by atoms with Crippen molar-refractivity contribution in [3.63, 3.8) is 0 Å². The van der Waals surface area contributed by atoms with Crippen molar-refractivity contribution in [2.75, 3.05) is 20.3 Å². The molecule has 0 bridgehead atoms. The highest BCUT2D eigenvalue weighted by Crippen LogP contribution is 2.35. The van der Waals surface area contributed by atoms with Crippen LogP contribution in [0.1, 0.15) is 43.5 Å². The van der Waals surface area contributed by atoms with Gasteiger partial charge in [-0.3, -0.25) is 27.9 Å². The van der Waals surface area contributed by atoms with Crippen LogP contribution in [0.5, 0.6) is 23.3 Å². The van der Waals surface area contributed by atoms with Gasteiger partial charge >= 0.3 is 17.7 Å². The zero-order valence-electron chi connectivity index (χ0n) is 31.7. The van der Waals surface area contributed by atoms with Crippen LogP contribution in [-0.4, -0.2) is 49.5 Å². The average Bonchev–Trinajstić information content (AvgIpc) is 3.70. The average molecular weight is 832 g/mol. The summed E-state index contributed by atoms with van der Waals surface area (Å²) in [5, 5.41) is 0.804. The van der Waals surface area contributed by atoms with Gasteiger partial charge in [-0.15, -0.1) is 0 Å². The van der Waals surface area contributed by atoms with Crippen molar-refractivity contribution in [2.24, 2.45) is 19.1 Å². The summed E-state index contributed by atoms with van der Waals surface area (Å²) < 4.78 is 28.8.